The summed E-state index contributed by atoms with van der Waals surface area (Å²) in [6.07, 6.45) is 12.0. The van der Waals surface area contributed by atoms with Gasteiger partial charge in [0.05, 0.1) is 0 Å². The van der Waals surface area contributed by atoms with Gasteiger partial charge in [-0.15, -0.1) is 0 Å². The monoisotopic (exact) mass is 582 g/mol. The number of rotatable bonds is 16. The van der Waals surface area contributed by atoms with E-state index in [1.807, 2.05) is 0 Å². The predicted octanol–water partition coefficient (Wildman–Crippen LogP) is -2.28. The zero-order valence-electron chi connectivity index (χ0n) is 21.5. The Morgan fingerprint density at radius 1 is 0.400 bits per heavy atom. The van der Waals surface area contributed by atoms with Gasteiger partial charge in [-0.25, -0.2) is 0 Å². The molecule has 0 saturated heterocycles. The largest absolute Gasteiger partial charge is 2.00 e. The fraction of sp³-hybridized carbons (Fsp3) is 0.818. The molecule has 0 aromatic heterocycles. The third kappa shape index (κ3) is 105. The molecule has 0 aliphatic heterocycles. The molecule has 0 aromatic rings. The number of aliphatic carboxylic acids is 2. The van der Waals surface area contributed by atoms with E-state index in [-0.39, 0.29) is 126 Å². The molecular formula is C22H38Ca3O10. The quantitative estimate of drug-likeness (QED) is 0.141. The molecule has 0 heterocycles. The molecule has 0 unspecified atom stereocenters. The molecule has 0 aliphatic rings. The summed E-state index contributed by atoms with van der Waals surface area (Å²) in [7, 11) is 0. The summed E-state index contributed by atoms with van der Waals surface area (Å²) in [5.74, 6) is -1.83. The second-order valence-electron chi connectivity index (χ2n) is 6.99. The van der Waals surface area contributed by atoms with Crippen LogP contribution in [0.3, 0.4) is 0 Å². The third-order valence-corrected chi connectivity index (χ3v) is 3.97. The predicted molar refractivity (Wildman–Crippen MR) is 123 cm³/mol. The maximum Gasteiger partial charge on any atom is 2.00 e. The summed E-state index contributed by atoms with van der Waals surface area (Å²) >= 11 is 0. The normalized spacial score (nSPS) is 8.29. The molecule has 35 heavy (non-hydrogen) atoms. The van der Waals surface area contributed by atoms with Crippen molar-refractivity contribution in [3.8, 4) is 0 Å². The minimum atomic E-state index is -2.33. The third-order valence-electron chi connectivity index (χ3n) is 3.97. The van der Waals surface area contributed by atoms with Crippen LogP contribution in [0.5, 0.6) is 0 Å². The summed E-state index contributed by atoms with van der Waals surface area (Å²) in [6.45, 7) is 4.38. The standard InChI is InChI=1S/2C10H20O2.2CH2O3.3Ca/c2*1-2-3-4-5-6-7-8-9-10(11)12;2*2-1(3)4;;;/h2*2-9H2,1H3,(H,11,12);2*(H2,2,3,4);;;/q;;;;3*+2/p-6. The van der Waals surface area contributed by atoms with Crippen LogP contribution in [0, 0.1) is 0 Å². The van der Waals surface area contributed by atoms with Gasteiger partial charge in [0.2, 0.25) is 0 Å². The van der Waals surface area contributed by atoms with Crippen LogP contribution >= 0.6 is 0 Å². The first-order valence-electron chi connectivity index (χ1n) is 11.2. The van der Waals surface area contributed by atoms with Gasteiger partial charge in [-0.05, 0) is 38.0 Å². The van der Waals surface area contributed by atoms with Crippen molar-refractivity contribution in [1.82, 2.24) is 0 Å². The van der Waals surface area contributed by atoms with Crippen LogP contribution in [0.15, 0.2) is 0 Å². The van der Waals surface area contributed by atoms with Gasteiger partial charge in [-0.1, -0.05) is 90.9 Å². The van der Waals surface area contributed by atoms with E-state index in [4.69, 9.17) is 30.0 Å². The summed E-state index contributed by atoms with van der Waals surface area (Å²) in [4.78, 5) is 36.7. The zero-order valence-corrected chi connectivity index (χ0v) is 28.1. The molecule has 0 radical (unpaired) electrons. The Morgan fingerprint density at radius 2 is 0.571 bits per heavy atom. The van der Waals surface area contributed by atoms with Crippen LogP contribution in [0.1, 0.15) is 117 Å². The van der Waals surface area contributed by atoms with Gasteiger partial charge in [0.1, 0.15) is 0 Å². The summed E-state index contributed by atoms with van der Waals surface area (Å²) < 4.78 is 0. The van der Waals surface area contributed by atoms with Crippen LogP contribution in [0.2, 0.25) is 0 Å². The molecule has 192 valence electrons. The Balaban J connectivity index is -0.0000000644. The average Bonchev–Trinajstić information content (AvgIpc) is 2.66. The van der Waals surface area contributed by atoms with Crippen molar-refractivity contribution in [2.75, 3.05) is 0 Å². The second kappa shape index (κ2) is 48.3. The van der Waals surface area contributed by atoms with E-state index in [9.17, 15) is 19.8 Å². The molecule has 0 rings (SSSR count). The van der Waals surface area contributed by atoms with E-state index in [1.54, 1.807) is 0 Å². The molecule has 0 bridgehead atoms. The van der Waals surface area contributed by atoms with E-state index >= 15 is 0 Å². The maximum absolute atomic E-state index is 10.0. The SMILES string of the molecule is CCCCCCCCCC(=O)[O-].CCCCCCCCCC(=O)[O-].O=C([O-])[O-].O=C([O-])[O-].[Ca+2].[Ca+2].[Ca+2]. The summed E-state index contributed by atoms with van der Waals surface area (Å²) in [6, 6.07) is 0. The number of carbonyl (C=O) groups is 4. The molecule has 0 aliphatic carbocycles. The molecule has 0 spiro atoms. The number of unbranched alkanes of at least 4 members (excludes halogenated alkanes) is 12. The van der Waals surface area contributed by atoms with Crippen molar-refractivity contribution < 1.29 is 49.8 Å². The van der Waals surface area contributed by atoms with Crippen LogP contribution in [-0.2, 0) is 9.59 Å². The van der Waals surface area contributed by atoms with Crippen LogP contribution in [-0.4, -0.2) is 137 Å². The van der Waals surface area contributed by atoms with E-state index in [0.717, 1.165) is 25.7 Å². The Labute approximate surface area is 299 Å². The van der Waals surface area contributed by atoms with Crippen LogP contribution < -0.4 is 30.6 Å². The Hall–Kier alpha value is 1.26. The van der Waals surface area contributed by atoms with Crippen LogP contribution in [0.4, 0.5) is 9.59 Å². The summed E-state index contributed by atoms with van der Waals surface area (Å²) in [5, 5.41) is 53.4. The van der Waals surface area contributed by atoms with Crippen LogP contribution in [0.25, 0.3) is 0 Å². The average molecular weight is 583 g/mol. The molecule has 0 N–H and O–H groups in total. The molecule has 0 atom stereocenters. The van der Waals surface area contributed by atoms with Crippen molar-refractivity contribution in [2.45, 2.75) is 117 Å². The molecule has 13 heteroatoms. The number of carboxylic acid groups (broad SMARTS) is 6. The van der Waals surface area contributed by atoms with Gasteiger partial charge in [0.15, 0.2) is 0 Å². The molecule has 0 saturated carbocycles. The minimum absolute atomic E-state index is 0. The van der Waals surface area contributed by atoms with Gasteiger partial charge < -0.3 is 49.8 Å². The first kappa shape index (κ1) is 52.7. The molecule has 0 aromatic carbocycles. The number of carbonyl (C=O) groups excluding carboxylic acids is 4. The van der Waals surface area contributed by atoms with Gasteiger partial charge in [-0.3, -0.25) is 0 Å². The van der Waals surface area contributed by atoms with Crippen molar-refractivity contribution in [2.24, 2.45) is 0 Å². The second-order valence-corrected chi connectivity index (χ2v) is 6.99. The van der Waals surface area contributed by atoms with E-state index in [0.29, 0.717) is 0 Å². The number of hydrogen-bond donors (Lipinski definition) is 0. The number of hydrogen-bond acceptors (Lipinski definition) is 10. The Kier molecular flexibility index (Phi) is 72.7. The van der Waals surface area contributed by atoms with Gasteiger partial charge in [-0.2, -0.15) is 0 Å². The molecule has 10 nitrogen and oxygen atoms in total. The van der Waals surface area contributed by atoms with Crippen molar-refractivity contribution >= 4 is 137 Å². The van der Waals surface area contributed by atoms with Gasteiger partial charge in [0.25, 0.3) is 0 Å². The fourth-order valence-corrected chi connectivity index (χ4v) is 2.45. The number of carboxylic acids is 2. The topological polar surface area (TPSA) is 207 Å². The van der Waals surface area contributed by atoms with Gasteiger partial charge in [0, 0.05) is 11.9 Å². The van der Waals surface area contributed by atoms with E-state index in [1.165, 1.54) is 64.2 Å². The first-order valence-corrected chi connectivity index (χ1v) is 11.2. The molecule has 0 amide bonds. The minimum Gasteiger partial charge on any atom is -0.652 e. The Morgan fingerprint density at radius 3 is 0.743 bits per heavy atom. The fourth-order valence-electron chi connectivity index (χ4n) is 2.45. The van der Waals surface area contributed by atoms with Crippen molar-refractivity contribution in [3.63, 3.8) is 0 Å². The molecule has 0 fully saturated rings. The van der Waals surface area contributed by atoms with E-state index in [2.05, 4.69) is 13.8 Å². The molecular weight excluding hydrogens is 544 g/mol. The van der Waals surface area contributed by atoms with Crippen molar-refractivity contribution in [3.05, 3.63) is 0 Å². The zero-order chi connectivity index (χ0) is 25.6. The van der Waals surface area contributed by atoms with Gasteiger partial charge >= 0.3 is 113 Å². The smallest absolute Gasteiger partial charge is 0.652 e. The summed E-state index contributed by atoms with van der Waals surface area (Å²) in [5.41, 5.74) is 0. The Bertz CT molecular complexity index is 405. The maximum atomic E-state index is 10.0. The first-order chi connectivity index (χ1) is 15.0. The van der Waals surface area contributed by atoms with E-state index < -0.39 is 24.2 Å². The van der Waals surface area contributed by atoms with Crippen molar-refractivity contribution in [1.29, 1.82) is 0 Å².